The molecule has 0 aliphatic carbocycles. The van der Waals surface area contributed by atoms with Crippen molar-refractivity contribution in [2.45, 2.75) is 6.42 Å². The minimum absolute atomic E-state index is 0.0844. The highest BCUT2D eigenvalue weighted by Gasteiger charge is 2.22. The summed E-state index contributed by atoms with van der Waals surface area (Å²) in [7, 11) is 2.03. The first kappa shape index (κ1) is 15.0. The maximum atomic E-state index is 12.7. The van der Waals surface area contributed by atoms with Crippen molar-refractivity contribution < 1.29 is 4.79 Å². The zero-order valence-corrected chi connectivity index (χ0v) is 13.9. The molecular weight excluding hydrogens is 326 g/mol. The van der Waals surface area contributed by atoms with E-state index in [1.165, 1.54) is 15.8 Å². The first-order valence-electron chi connectivity index (χ1n) is 7.73. The molecule has 0 aromatic carbocycles. The van der Waals surface area contributed by atoms with Crippen molar-refractivity contribution in [2.24, 2.45) is 7.05 Å². The van der Waals surface area contributed by atoms with Crippen LogP contribution in [0.25, 0.3) is 11.2 Å². The van der Waals surface area contributed by atoms with Crippen LogP contribution in [-0.4, -0.2) is 43.1 Å². The van der Waals surface area contributed by atoms with Crippen LogP contribution in [0.5, 0.6) is 0 Å². The third kappa shape index (κ3) is 2.59. The number of hydrogen-bond acceptors (Lipinski definition) is 3. The summed E-state index contributed by atoms with van der Waals surface area (Å²) in [5.41, 5.74) is 3.48. The van der Waals surface area contributed by atoms with Crippen molar-refractivity contribution in [3.63, 3.8) is 0 Å². The monoisotopic (exact) mass is 341 g/mol. The van der Waals surface area contributed by atoms with E-state index in [1.807, 2.05) is 19.3 Å². The number of carbonyl (C=O) groups excluding carboxylic acids is 1. The topological polar surface area (TPSA) is 55.4 Å². The van der Waals surface area contributed by atoms with E-state index < -0.39 is 0 Å². The van der Waals surface area contributed by atoms with Crippen molar-refractivity contribution >= 4 is 28.7 Å². The Hall–Kier alpha value is -2.60. The van der Waals surface area contributed by atoms with Gasteiger partial charge in [-0.3, -0.25) is 4.79 Å². The Labute approximate surface area is 144 Å². The van der Waals surface area contributed by atoms with E-state index in [0.29, 0.717) is 29.5 Å². The van der Waals surface area contributed by atoms with Crippen LogP contribution in [0.2, 0.25) is 5.02 Å². The molecule has 1 aliphatic heterocycles. The molecule has 0 radical (unpaired) electrons. The Balaban J connectivity index is 1.55. The highest BCUT2D eigenvalue weighted by molar-refractivity contribution is 6.30. The molecule has 1 amide bonds. The first-order chi connectivity index (χ1) is 11.6. The van der Waals surface area contributed by atoms with Crippen LogP contribution in [0.1, 0.15) is 22.6 Å². The number of rotatable bonds is 2. The van der Waals surface area contributed by atoms with Crippen molar-refractivity contribution in [2.75, 3.05) is 13.1 Å². The second-order valence-corrected chi connectivity index (χ2v) is 6.28. The van der Waals surface area contributed by atoms with Gasteiger partial charge in [0.1, 0.15) is 0 Å². The molecule has 4 rings (SSSR count). The zero-order valence-electron chi connectivity index (χ0n) is 13.2. The smallest absolute Gasteiger partial charge is 0.274 e. The molecule has 0 atom stereocenters. The molecule has 24 heavy (non-hydrogen) atoms. The largest absolute Gasteiger partial charge is 0.351 e. The molecule has 3 aromatic heterocycles. The van der Waals surface area contributed by atoms with Gasteiger partial charge in [0, 0.05) is 44.3 Å². The van der Waals surface area contributed by atoms with Crippen LogP contribution in [0.3, 0.4) is 0 Å². The van der Waals surface area contributed by atoms with Crippen molar-refractivity contribution in [3.8, 4) is 0 Å². The van der Waals surface area contributed by atoms with Crippen LogP contribution >= 0.6 is 11.6 Å². The molecule has 6 nitrogen and oxygen atoms in total. The van der Waals surface area contributed by atoms with Crippen molar-refractivity contribution in [1.82, 2.24) is 24.1 Å². The van der Waals surface area contributed by atoms with Crippen molar-refractivity contribution in [3.05, 3.63) is 59.3 Å². The van der Waals surface area contributed by atoms with Crippen molar-refractivity contribution in [1.29, 1.82) is 0 Å². The lowest BCUT2D eigenvalue weighted by Gasteiger charge is -2.26. The molecule has 1 aliphatic rings. The average Bonchev–Trinajstić information content (AvgIpc) is 3.20. The van der Waals surface area contributed by atoms with Crippen LogP contribution in [0, 0.1) is 0 Å². The van der Waals surface area contributed by atoms with Gasteiger partial charge in [0.15, 0.2) is 11.3 Å². The van der Waals surface area contributed by atoms with Gasteiger partial charge in [-0.05, 0) is 24.1 Å². The Kier molecular flexibility index (Phi) is 3.61. The predicted molar refractivity (Wildman–Crippen MR) is 91.9 cm³/mol. The van der Waals surface area contributed by atoms with E-state index in [4.69, 9.17) is 11.6 Å². The normalized spacial score (nSPS) is 14.9. The number of halogens is 1. The molecule has 0 bridgehead atoms. The SMILES string of the molecule is Cn1cccc1C1=CCN(C(=O)c2cc3ncc(Cl)cn3n2)CC1. The lowest BCUT2D eigenvalue weighted by molar-refractivity contribution is 0.0766. The fraction of sp³-hybridized carbons (Fsp3) is 0.235. The van der Waals surface area contributed by atoms with Gasteiger partial charge >= 0.3 is 0 Å². The Bertz CT molecular complexity index is 955. The minimum atomic E-state index is -0.0844. The quantitative estimate of drug-likeness (QED) is 0.720. The summed E-state index contributed by atoms with van der Waals surface area (Å²) in [6.45, 7) is 1.26. The van der Waals surface area contributed by atoms with E-state index in [9.17, 15) is 4.79 Å². The van der Waals surface area contributed by atoms with Crippen LogP contribution in [0.15, 0.2) is 42.9 Å². The third-order valence-corrected chi connectivity index (χ3v) is 4.47. The molecule has 3 aromatic rings. The van der Waals surface area contributed by atoms with Gasteiger partial charge in [-0.1, -0.05) is 17.7 Å². The number of nitrogens with zero attached hydrogens (tertiary/aromatic N) is 5. The van der Waals surface area contributed by atoms with Gasteiger partial charge < -0.3 is 9.47 Å². The van der Waals surface area contributed by atoms with Crippen LogP contribution < -0.4 is 0 Å². The van der Waals surface area contributed by atoms with E-state index >= 15 is 0 Å². The lowest BCUT2D eigenvalue weighted by Crippen LogP contribution is -2.35. The lowest BCUT2D eigenvalue weighted by atomic mass is 10.0. The van der Waals surface area contributed by atoms with E-state index in [-0.39, 0.29) is 5.91 Å². The minimum Gasteiger partial charge on any atom is -0.351 e. The molecule has 4 heterocycles. The van der Waals surface area contributed by atoms with Crippen LogP contribution in [-0.2, 0) is 7.05 Å². The summed E-state index contributed by atoms with van der Waals surface area (Å²) >= 11 is 5.91. The highest BCUT2D eigenvalue weighted by Crippen LogP contribution is 2.23. The molecule has 0 spiro atoms. The summed E-state index contributed by atoms with van der Waals surface area (Å²) in [5.74, 6) is -0.0844. The number of fused-ring (bicyclic) bond motifs is 1. The van der Waals surface area contributed by atoms with Gasteiger partial charge in [-0.15, -0.1) is 0 Å². The number of hydrogen-bond donors (Lipinski definition) is 0. The number of carbonyl (C=O) groups is 1. The molecule has 0 fully saturated rings. The summed E-state index contributed by atoms with van der Waals surface area (Å²) in [5, 5.41) is 4.77. The zero-order chi connectivity index (χ0) is 16.7. The summed E-state index contributed by atoms with van der Waals surface area (Å²) in [6.07, 6.45) is 8.16. The fourth-order valence-corrected chi connectivity index (χ4v) is 3.14. The maximum absolute atomic E-state index is 12.7. The second kappa shape index (κ2) is 5.79. The van der Waals surface area contributed by atoms with Crippen LogP contribution in [0.4, 0.5) is 0 Å². The first-order valence-corrected chi connectivity index (χ1v) is 8.10. The molecular formula is C17H16ClN5O. The highest BCUT2D eigenvalue weighted by atomic mass is 35.5. The standard InChI is InChI=1S/C17H16ClN5O/c1-21-6-2-3-15(21)12-4-7-22(8-5-12)17(24)14-9-16-19-10-13(18)11-23(16)20-14/h2-4,6,9-11H,5,7-8H2,1H3. The Morgan fingerprint density at radius 2 is 2.25 bits per heavy atom. The summed E-state index contributed by atoms with van der Waals surface area (Å²) < 4.78 is 3.63. The molecule has 122 valence electrons. The Morgan fingerprint density at radius 3 is 2.96 bits per heavy atom. The molecule has 0 saturated heterocycles. The van der Waals surface area contributed by atoms with Gasteiger partial charge in [-0.25, -0.2) is 9.50 Å². The maximum Gasteiger partial charge on any atom is 0.274 e. The summed E-state index contributed by atoms with van der Waals surface area (Å²) in [6, 6.07) is 5.82. The van der Waals surface area contributed by atoms with Gasteiger partial charge in [0.05, 0.1) is 11.2 Å². The molecule has 0 N–H and O–H groups in total. The van der Waals surface area contributed by atoms with Gasteiger partial charge in [0.2, 0.25) is 0 Å². The average molecular weight is 342 g/mol. The third-order valence-electron chi connectivity index (χ3n) is 4.27. The molecule has 0 saturated carbocycles. The predicted octanol–water partition coefficient (Wildman–Crippen LogP) is 2.65. The second-order valence-electron chi connectivity index (χ2n) is 5.84. The molecule has 7 heteroatoms. The number of amides is 1. The van der Waals surface area contributed by atoms with E-state index in [2.05, 4.69) is 26.8 Å². The molecule has 0 unspecified atom stereocenters. The van der Waals surface area contributed by atoms with Gasteiger partial charge in [-0.2, -0.15) is 5.10 Å². The van der Waals surface area contributed by atoms with E-state index in [0.717, 1.165) is 6.42 Å². The van der Waals surface area contributed by atoms with E-state index in [1.54, 1.807) is 23.4 Å². The Morgan fingerprint density at radius 1 is 1.38 bits per heavy atom. The fourth-order valence-electron chi connectivity index (χ4n) is 3.00. The van der Waals surface area contributed by atoms with Gasteiger partial charge in [0.25, 0.3) is 5.91 Å². The number of aryl methyl sites for hydroxylation is 1. The number of aromatic nitrogens is 4. The summed E-state index contributed by atoms with van der Waals surface area (Å²) in [4.78, 5) is 18.6.